The van der Waals surface area contributed by atoms with Crippen molar-refractivity contribution >= 4 is 39.3 Å². The highest BCUT2D eigenvalue weighted by atomic mass is 79.9. The molecule has 0 radical (unpaired) electrons. The number of carbonyl (C=O) groups excluding carboxylic acids is 3. The van der Waals surface area contributed by atoms with Gasteiger partial charge in [-0.25, -0.2) is 0 Å². The summed E-state index contributed by atoms with van der Waals surface area (Å²) >= 11 is 3.34. The van der Waals surface area contributed by atoms with Gasteiger partial charge in [0.2, 0.25) is 5.91 Å². The number of rotatable bonds is 3. The summed E-state index contributed by atoms with van der Waals surface area (Å²) in [6, 6.07) is 3.48. The first kappa shape index (κ1) is 15.7. The minimum Gasteiger partial charge on any atom is -0.465 e. The van der Waals surface area contributed by atoms with E-state index in [1.165, 1.54) is 4.90 Å². The summed E-state index contributed by atoms with van der Waals surface area (Å²) in [6.45, 7) is 5.80. The molecule has 1 aromatic carbocycles. The van der Waals surface area contributed by atoms with Crippen molar-refractivity contribution in [2.45, 2.75) is 20.8 Å². The lowest BCUT2D eigenvalue weighted by Gasteiger charge is -2.32. The molecule has 0 aromatic heterocycles. The molecule has 0 aliphatic carbocycles. The molecule has 1 aromatic rings. The van der Waals surface area contributed by atoms with Gasteiger partial charge in [0.15, 0.2) is 11.7 Å². The Kier molecular flexibility index (Phi) is 4.46. The fourth-order valence-electron chi connectivity index (χ4n) is 2.56. The molecule has 1 atom stereocenters. The van der Waals surface area contributed by atoms with Crippen LogP contribution in [0.2, 0.25) is 0 Å². The minimum absolute atomic E-state index is 0.131. The normalized spacial score (nSPS) is 17.7. The maximum Gasteiger partial charge on any atom is 0.326 e. The van der Waals surface area contributed by atoms with Gasteiger partial charge in [0.25, 0.3) is 0 Å². The molecular formula is C15H16BrNO4. The highest BCUT2D eigenvalue weighted by Crippen LogP contribution is 2.36. The lowest BCUT2D eigenvalue weighted by atomic mass is 9.88. The number of esters is 1. The quantitative estimate of drug-likeness (QED) is 0.618. The van der Waals surface area contributed by atoms with Crippen LogP contribution in [0.3, 0.4) is 0 Å². The molecule has 1 amide bonds. The van der Waals surface area contributed by atoms with E-state index in [0.29, 0.717) is 17.8 Å². The van der Waals surface area contributed by atoms with E-state index in [1.54, 1.807) is 19.9 Å². The van der Waals surface area contributed by atoms with Crippen LogP contribution in [-0.4, -0.2) is 30.8 Å². The van der Waals surface area contributed by atoms with Gasteiger partial charge < -0.3 is 9.64 Å². The van der Waals surface area contributed by atoms with Crippen molar-refractivity contribution in [1.82, 2.24) is 0 Å². The van der Waals surface area contributed by atoms with Crippen molar-refractivity contribution in [3.05, 3.63) is 27.7 Å². The Bertz CT molecular complexity index is 626. The third kappa shape index (κ3) is 2.60. The number of fused-ring (bicyclic) bond motifs is 1. The molecule has 21 heavy (non-hydrogen) atoms. The molecule has 6 heteroatoms. The van der Waals surface area contributed by atoms with E-state index in [4.69, 9.17) is 4.74 Å². The number of ketones is 1. The van der Waals surface area contributed by atoms with Gasteiger partial charge in [-0.2, -0.15) is 0 Å². The molecule has 0 spiro atoms. The van der Waals surface area contributed by atoms with Crippen LogP contribution in [0.15, 0.2) is 16.6 Å². The van der Waals surface area contributed by atoms with Gasteiger partial charge in [-0.15, -0.1) is 0 Å². The first-order chi connectivity index (χ1) is 9.92. The first-order valence-electron chi connectivity index (χ1n) is 6.74. The van der Waals surface area contributed by atoms with Gasteiger partial charge in [-0.05, 0) is 38.5 Å². The maximum absolute atomic E-state index is 12.5. The Balaban J connectivity index is 2.60. The second-order valence-corrected chi connectivity index (χ2v) is 5.67. The van der Waals surface area contributed by atoms with Crippen molar-refractivity contribution in [2.24, 2.45) is 5.92 Å². The van der Waals surface area contributed by atoms with Crippen molar-refractivity contribution < 1.29 is 19.1 Å². The average molecular weight is 354 g/mol. The van der Waals surface area contributed by atoms with E-state index in [-0.39, 0.29) is 6.61 Å². The van der Waals surface area contributed by atoms with E-state index < -0.39 is 23.6 Å². The SMILES string of the molecule is CCOC(=O)C1C(=O)c2cc(Br)cc(C)c2N(CC)C1=O. The van der Waals surface area contributed by atoms with Gasteiger partial charge in [-0.1, -0.05) is 15.9 Å². The fraction of sp³-hybridized carbons (Fsp3) is 0.400. The zero-order valence-corrected chi connectivity index (χ0v) is 13.7. The Labute approximate surface area is 131 Å². The van der Waals surface area contributed by atoms with Gasteiger partial charge in [0, 0.05) is 16.6 Å². The number of carbonyl (C=O) groups is 3. The number of halogens is 1. The van der Waals surface area contributed by atoms with Crippen LogP contribution in [0.1, 0.15) is 29.8 Å². The largest absolute Gasteiger partial charge is 0.465 e. The second kappa shape index (κ2) is 5.97. The first-order valence-corrected chi connectivity index (χ1v) is 7.54. The molecule has 0 N–H and O–H groups in total. The van der Waals surface area contributed by atoms with Crippen LogP contribution in [0.5, 0.6) is 0 Å². The Hall–Kier alpha value is -1.69. The molecule has 1 aliphatic heterocycles. The molecule has 0 fully saturated rings. The van der Waals surface area contributed by atoms with E-state index >= 15 is 0 Å². The average Bonchev–Trinajstić information content (AvgIpc) is 2.40. The molecular weight excluding hydrogens is 338 g/mol. The number of benzene rings is 1. The van der Waals surface area contributed by atoms with Gasteiger partial charge in [0.1, 0.15) is 0 Å². The number of ether oxygens (including phenoxy) is 1. The zero-order chi connectivity index (χ0) is 15.7. The van der Waals surface area contributed by atoms with Crippen LogP contribution in [0.25, 0.3) is 0 Å². The Morgan fingerprint density at radius 1 is 1.33 bits per heavy atom. The van der Waals surface area contributed by atoms with Crippen LogP contribution < -0.4 is 4.90 Å². The van der Waals surface area contributed by atoms with Crippen molar-refractivity contribution in [3.8, 4) is 0 Å². The third-order valence-corrected chi connectivity index (χ3v) is 3.87. The molecule has 1 aliphatic rings. The molecule has 0 saturated carbocycles. The second-order valence-electron chi connectivity index (χ2n) is 4.75. The molecule has 1 heterocycles. The number of amides is 1. The standard InChI is InChI=1S/C15H16BrNO4/c1-4-17-12-8(3)6-9(16)7-10(12)13(18)11(14(17)19)15(20)21-5-2/h6-7,11H,4-5H2,1-3H3. The molecule has 112 valence electrons. The summed E-state index contributed by atoms with van der Waals surface area (Å²) in [5.41, 5.74) is 1.77. The lowest BCUT2D eigenvalue weighted by Crippen LogP contribution is -2.48. The predicted octanol–water partition coefficient (Wildman–Crippen LogP) is 2.49. The number of anilines is 1. The van der Waals surface area contributed by atoms with Crippen molar-refractivity contribution in [3.63, 3.8) is 0 Å². The molecule has 2 rings (SSSR count). The summed E-state index contributed by atoms with van der Waals surface area (Å²) in [5.74, 6) is -3.19. The summed E-state index contributed by atoms with van der Waals surface area (Å²) in [6.07, 6.45) is 0. The van der Waals surface area contributed by atoms with Crippen LogP contribution >= 0.6 is 15.9 Å². The highest BCUT2D eigenvalue weighted by Gasteiger charge is 2.45. The smallest absolute Gasteiger partial charge is 0.326 e. The zero-order valence-electron chi connectivity index (χ0n) is 12.1. The fourth-order valence-corrected chi connectivity index (χ4v) is 3.13. The molecule has 1 unspecified atom stereocenters. The van der Waals surface area contributed by atoms with Gasteiger partial charge >= 0.3 is 5.97 Å². The summed E-state index contributed by atoms with van der Waals surface area (Å²) < 4.78 is 5.61. The number of hydrogen-bond acceptors (Lipinski definition) is 4. The Morgan fingerprint density at radius 2 is 2.00 bits per heavy atom. The lowest BCUT2D eigenvalue weighted by molar-refractivity contribution is -0.149. The van der Waals surface area contributed by atoms with E-state index in [1.807, 2.05) is 13.0 Å². The van der Waals surface area contributed by atoms with E-state index in [9.17, 15) is 14.4 Å². The number of nitrogens with zero attached hydrogens (tertiary/aromatic N) is 1. The topological polar surface area (TPSA) is 63.7 Å². The third-order valence-electron chi connectivity index (χ3n) is 3.41. The maximum atomic E-state index is 12.5. The number of hydrogen-bond donors (Lipinski definition) is 0. The molecule has 0 saturated heterocycles. The van der Waals surface area contributed by atoms with E-state index in [2.05, 4.69) is 15.9 Å². The molecule has 0 bridgehead atoms. The Morgan fingerprint density at radius 3 is 2.57 bits per heavy atom. The van der Waals surface area contributed by atoms with Gasteiger partial charge in [-0.3, -0.25) is 14.4 Å². The monoisotopic (exact) mass is 353 g/mol. The van der Waals surface area contributed by atoms with Gasteiger partial charge in [0.05, 0.1) is 12.3 Å². The highest BCUT2D eigenvalue weighted by molar-refractivity contribution is 9.10. The van der Waals surface area contributed by atoms with Crippen molar-refractivity contribution in [1.29, 1.82) is 0 Å². The van der Waals surface area contributed by atoms with Crippen LogP contribution in [-0.2, 0) is 14.3 Å². The van der Waals surface area contributed by atoms with Crippen LogP contribution in [0, 0.1) is 12.8 Å². The van der Waals surface area contributed by atoms with Crippen LogP contribution in [0.4, 0.5) is 5.69 Å². The predicted molar refractivity (Wildman–Crippen MR) is 81.4 cm³/mol. The molecule has 5 nitrogen and oxygen atoms in total. The summed E-state index contributed by atoms with van der Waals surface area (Å²) in [5, 5.41) is 0. The van der Waals surface area contributed by atoms with E-state index in [0.717, 1.165) is 10.0 Å². The number of Topliss-reactive ketones (excluding diaryl/α,β-unsaturated/α-hetero) is 1. The number of aryl methyl sites for hydroxylation is 1. The minimum atomic E-state index is -1.40. The van der Waals surface area contributed by atoms with Crippen molar-refractivity contribution in [2.75, 3.05) is 18.1 Å². The summed E-state index contributed by atoms with van der Waals surface area (Å²) in [4.78, 5) is 38.4. The summed E-state index contributed by atoms with van der Waals surface area (Å²) in [7, 11) is 0.